The summed E-state index contributed by atoms with van der Waals surface area (Å²) in [4.78, 5) is 24.1. The van der Waals surface area contributed by atoms with Crippen molar-refractivity contribution in [1.82, 2.24) is 0 Å². The highest BCUT2D eigenvalue weighted by atomic mass is 16.5. The molecule has 0 radical (unpaired) electrons. The second-order valence-electron chi connectivity index (χ2n) is 7.73. The van der Waals surface area contributed by atoms with Gasteiger partial charge in [-0.2, -0.15) is 0 Å². The fourth-order valence-corrected chi connectivity index (χ4v) is 3.43. The molecule has 0 bridgehead atoms. The lowest BCUT2D eigenvalue weighted by Crippen LogP contribution is -2.09. The van der Waals surface area contributed by atoms with E-state index in [0.29, 0.717) is 38.9 Å². The van der Waals surface area contributed by atoms with Crippen LogP contribution in [0.5, 0.6) is 0 Å². The third-order valence-corrected chi connectivity index (χ3v) is 5.22. The Morgan fingerprint density at radius 1 is 0.500 bits per heavy atom. The van der Waals surface area contributed by atoms with Crippen LogP contribution in [-0.4, -0.2) is 25.2 Å². The van der Waals surface area contributed by atoms with Crippen LogP contribution in [0.3, 0.4) is 0 Å². The number of benzene rings is 3. The van der Waals surface area contributed by atoms with E-state index in [0.717, 1.165) is 35.1 Å². The van der Waals surface area contributed by atoms with Gasteiger partial charge in [0.25, 0.3) is 0 Å². The first-order chi connectivity index (χ1) is 15.7. The molecule has 0 N–H and O–H groups in total. The van der Waals surface area contributed by atoms with Gasteiger partial charge in [-0.3, -0.25) is 9.59 Å². The Hall–Kier alpha value is -3.40. The maximum absolute atomic E-state index is 12.0. The number of rotatable bonds is 12. The molecule has 0 aliphatic rings. The first kappa shape index (κ1) is 23.3. The maximum Gasteiger partial charge on any atom is 0.306 e. The number of esters is 2. The Morgan fingerprint density at radius 3 is 1.34 bits per heavy atom. The van der Waals surface area contributed by atoms with Gasteiger partial charge in [0.15, 0.2) is 0 Å². The second kappa shape index (κ2) is 13.1. The van der Waals surface area contributed by atoms with E-state index in [1.807, 2.05) is 78.9 Å². The van der Waals surface area contributed by atoms with Crippen LogP contribution in [0.4, 0.5) is 0 Å². The van der Waals surface area contributed by atoms with Crippen LogP contribution in [0.15, 0.2) is 84.9 Å². The lowest BCUT2D eigenvalue weighted by molar-refractivity contribution is -0.144. The molecule has 0 atom stereocenters. The molecule has 0 fully saturated rings. The van der Waals surface area contributed by atoms with Gasteiger partial charge in [-0.15, -0.1) is 0 Å². The first-order valence-corrected chi connectivity index (χ1v) is 11.2. The number of ether oxygens (including phenoxy) is 2. The number of carbonyl (C=O) groups excluding carboxylic acids is 2. The van der Waals surface area contributed by atoms with Crippen LogP contribution < -0.4 is 0 Å². The molecule has 32 heavy (non-hydrogen) atoms. The van der Waals surface area contributed by atoms with Crippen molar-refractivity contribution < 1.29 is 19.1 Å². The highest BCUT2D eigenvalue weighted by molar-refractivity contribution is 5.70. The smallest absolute Gasteiger partial charge is 0.306 e. The quantitative estimate of drug-likeness (QED) is 0.374. The van der Waals surface area contributed by atoms with Crippen LogP contribution in [-0.2, 0) is 44.7 Å². The third-order valence-electron chi connectivity index (χ3n) is 5.22. The summed E-state index contributed by atoms with van der Waals surface area (Å²) in [6.07, 6.45) is 3.39. The van der Waals surface area contributed by atoms with Crippen molar-refractivity contribution in [3.63, 3.8) is 0 Å². The van der Waals surface area contributed by atoms with Gasteiger partial charge < -0.3 is 9.47 Å². The van der Waals surface area contributed by atoms with Gasteiger partial charge in [-0.25, -0.2) is 0 Å². The molecule has 0 heterocycles. The number of hydrogen-bond acceptors (Lipinski definition) is 4. The van der Waals surface area contributed by atoms with Crippen molar-refractivity contribution in [3.05, 3.63) is 107 Å². The predicted octanol–water partition coefficient (Wildman–Crippen LogP) is 5.12. The minimum Gasteiger partial charge on any atom is -0.465 e. The molecule has 4 heteroatoms. The molecule has 0 saturated carbocycles. The van der Waals surface area contributed by atoms with E-state index in [2.05, 4.69) is 6.07 Å². The molecule has 0 aromatic heterocycles. The number of hydrogen-bond donors (Lipinski definition) is 0. The van der Waals surface area contributed by atoms with Crippen LogP contribution in [0.2, 0.25) is 0 Å². The lowest BCUT2D eigenvalue weighted by Gasteiger charge is -2.08. The van der Waals surface area contributed by atoms with Gasteiger partial charge in [-0.1, -0.05) is 84.9 Å². The summed E-state index contributed by atoms with van der Waals surface area (Å²) in [5.41, 5.74) is 4.46. The van der Waals surface area contributed by atoms with Gasteiger partial charge in [-0.05, 0) is 35.1 Å². The molecule has 0 aliphatic heterocycles. The van der Waals surface area contributed by atoms with E-state index in [1.165, 1.54) is 0 Å². The zero-order chi connectivity index (χ0) is 22.4. The van der Waals surface area contributed by atoms with Crippen LogP contribution in [0.25, 0.3) is 0 Å². The van der Waals surface area contributed by atoms with Crippen LogP contribution in [0, 0.1) is 0 Å². The Balaban J connectivity index is 1.32. The van der Waals surface area contributed by atoms with Gasteiger partial charge in [0.05, 0.1) is 13.2 Å². The van der Waals surface area contributed by atoms with Crippen molar-refractivity contribution >= 4 is 11.9 Å². The average Bonchev–Trinajstić information content (AvgIpc) is 2.83. The Morgan fingerprint density at radius 2 is 0.906 bits per heavy atom. The zero-order valence-corrected chi connectivity index (χ0v) is 18.4. The fourth-order valence-electron chi connectivity index (χ4n) is 3.43. The van der Waals surface area contributed by atoms with Gasteiger partial charge in [0, 0.05) is 25.7 Å². The molecule has 3 rings (SSSR count). The van der Waals surface area contributed by atoms with Crippen molar-refractivity contribution in [2.45, 2.75) is 38.5 Å². The van der Waals surface area contributed by atoms with E-state index in [-0.39, 0.29) is 11.9 Å². The third kappa shape index (κ3) is 8.76. The Labute approximate surface area is 190 Å². The van der Waals surface area contributed by atoms with Crippen molar-refractivity contribution in [3.8, 4) is 0 Å². The number of carbonyl (C=O) groups is 2. The van der Waals surface area contributed by atoms with Gasteiger partial charge >= 0.3 is 11.9 Å². The SMILES string of the molecule is O=C(CCc1cccc(CCC(=O)OCCc2ccccc2)c1)OCCc1ccccc1. The molecule has 3 aromatic rings. The summed E-state index contributed by atoms with van der Waals surface area (Å²) in [6.45, 7) is 0.796. The summed E-state index contributed by atoms with van der Waals surface area (Å²) >= 11 is 0. The molecule has 0 aliphatic carbocycles. The normalized spacial score (nSPS) is 10.5. The zero-order valence-electron chi connectivity index (χ0n) is 18.4. The highest BCUT2D eigenvalue weighted by Crippen LogP contribution is 2.11. The van der Waals surface area contributed by atoms with E-state index in [1.54, 1.807) is 0 Å². The Bertz CT molecular complexity index is 890. The molecule has 0 unspecified atom stereocenters. The standard InChI is InChI=1S/C28H30O4/c29-27(31-20-18-23-8-3-1-4-9-23)16-14-25-12-7-13-26(22-25)15-17-28(30)32-21-19-24-10-5-2-6-11-24/h1-13,22H,14-21H2. The molecule has 4 nitrogen and oxygen atoms in total. The Kier molecular flexibility index (Phi) is 9.53. The molecule has 0 saturated heterocycles. The van der Waals surface area contributed by atoms with Crippen LogP contribution in [0.1, 0.15) is 35.1 Å². The fraction of sp³-hybridized carbons (Fsp3) is 0.286. The molecule has 0 spiro atoms. The molecule has 166 valence electrons. The molecular formula is C28H30O4. The van der Waals surface area contributed by atoms with Crippen molar-refractivity contribution in [1.29, 1.82) is 0 Å². The molecule has 3 aromatic carbocycles. The predicted molar refractivity (Wildman–Crippen MR) is 125 cm³/mol. The van der Waals surface area contributed by atoms with Crippen LogP contribution >= 0.6 is 0 Å². The second-order valence-corrected chi connectivity index (χ2v) is 7.73. The summed E-state index contributed by atoms with van der Waals surface area (Å²) < 4.78 is 10.7. The summed E-state index contributed by atoms with van der Waals surface area (Å²) in [5.74, 6) is -0.373. The number of aryl methyl sites for hydroxylation is 2. The van der Waals surface area contributed by atoms with Gasteiger partial charge in [0.2, 0.25) is 0 Å². The summed E-state index contributed by atoms with van der Waals surface area (Å²) in [6, 6.07) is 28.0. The topological polar surface area (TPSA) is 52.6 Å². The first-order valence-electron chi connectivity index (χ1n) is 11.2. The van der Waals surface area contributed by atoms with Crippen molar-refractivity contribution in [2.24, 2.45) is 0 Å². The average molecular weight is 431 g/mol. The largest absolute Gasteiger partial charge is 0.465 e. The summed E-state index contributed by atoms with van der Waals surface area (Å²) in [5, 5.41) is 0. The molecular weight excluding hydrogens is 400 g/mol. The van der Waals surface area contributed by atoms with Crippen molar-refractivity contribution in [2.75, 3.05) is 13.2 Å². The van der Waals surface area contributed by atoms with Gasteiger partial charge in [0.1, 0.15) is 0 Å². The molecule has 0 amide bonds. The minimum atomic E-state index is -0.187. The van der Waals surface area contributed by atoms with E-state index in [9.17, 15) is 9.59 Å². The maximum atomic E-state index is 12.0. The van der Waals surface area contributed by atoms with E-state index >= 15 is 0 Å². The highest BCUT2D eigenvalue weighted by Gasteiger charge is 2.07. The van der Waals surface area contributed by atoms with E-state index in [4.69, 9.17) is 9.47 Å². The lowest BCUT2D eigenvalue weighted by atomic mass is 10.0. The summed E-state index contributed by atoms with van der Waals surface area (Å²) in [7, 11) is 0. The minimum absolute atomic E-state index is 0.187. The van der Waals surface area contributed by atoms with E-state index < -0.39 is 0 Å². The monoisotopic (exact) mass is 430 g/mol.